The number of unbranched alkanes of at least 4 members (excludes halogenated alkanes) is 12. The molecule has 8 nitrogen and oxygen atoms in total. The van der Waals surface area contributed by atoms with E-state index in [1.54, 1.807) is 22.7 Å². The number of carbonyl (C=O) groups is 3. The van der Waals surface area contributed by atoms with Crippen molar-refractivity contribution in [2.45, 2.75) is 196 Å². The number of thiophene rings is 4. The van der Waals surface area contributed by atoms with Crippen LogP contribution in [0, 0.1) is 17.8 Å². The van der Waals surface area contributed by atoms with E-state index in [4.69, 9.17) is 0 Å². The Morgan fingerprint density at radius 2 is 0.857 bits per heavy atom. The van der Waals surface area contributed by atoms with Gasteiger partial charge < -0.3 is 19.9 Å². The minimum absolute atomic E-state index is 0.0581. The maximum atomic E-state index is 14.6. The van der Waals surface area contributed by atoms with Crippen LogP contribution in [0.25, 0.3) is 27.2 Å². The minimum Gasteiger partial charge on any atom is -0.494 e. The predicted molar refractivity (Wildman–Crippen MR) is 339 cm³/mol. The van der Waals surface area contributed by atoms with Crippen molar-refractivity contribution in [2.75, 3.05) is 17.5 Å². The molecule has 0 fully saturated rings. The number of aromatic nitrogens is 1. The molecule has 2 N–H and O–H groups in total. The Morgan fingerprint density at radius 3 is 1.23 bits per heavy atom. The van der Waals surface area contributed by atoms with Gasteiger partial charge in [0.05, 0.1) is 39.0 Å². The molecule has 3 unspecified atom stereocenters. The number of hydrogen-bond acceptors (Lipinski definition) is 8. The summed E-state index contributed by atoms with van der Waals surface area (Å²) >= 11 is 8.77. The van der Waals surface area contributed by atoms with Crippen LogP contribution in [0.2, 0.25) is 0 Å². The number of fused-ring (bicyclic) bond motifs is 2. The average molecular weight is 1230 g/mol. The minimum atomic E-state index is -0.258. The van der Waals surface area contributed by atoms with Crippen molar-refractivity contribution in [1.29, 1.82) is 0 Å². The summed E-state index contributed by atoms with van der Waals surface area (Å²) in [6.07, 6.45) is 30.6. The molecule has 0 saturated heterocycles. The van der Waals surface area contributed by atoms with Gasteiger partial charge in [0.15, 0.2) is 5.88 Å². The van der Waals surface area contributed by atoms with Crippen LogP contribution in [0.1, 0.15) is 210 Å². The Bertz CT molecular complexity index is 2620. The summed E-state index contributed by atoms with van der Waals surface area (Å²) < 4.78 is 1.36. The Hall–Kier alpha value is -3.63. The van der Waals surface area contributed by atoms with Crippen LogP contribution < -0.4 is 10.7 Å². The Labute approximate surface area is 491 Å². The van der Waals surface area contributed by atoms with E-state index < -0.39 is 0 Å². The topological polar surface area (TPSA) is 106 Å². The van der Waals surface area contributed by atoms with E-state index in [1.165, 1.54) is 143 Å². The molecule has 0 spiro atoms. The number of carbonyl (C=O) groups excluding carboxylic acids is 3. The second kappa shape index (κ2) is 33.8. The van der Waals surface area contributed by atoms with E-state index in [0.29, 0.717) is 46.8 Å². The highest BCUT2D eigenvalue weighted by Crippen LogP contribution is 2.49. The molecule has 3 aliphatic heterocycles. The molecule has 3 amide bonds. The highest BCUT2D eigenvalue weighted by molar-refractivity contribution is 14.1. The summed E-state index contributed by atoms with van der Waals surface area (Å²) in [5.74, 6) is 1.87. The standard InChI is InChI=1S/C38H56N2O2S2.C14H8N2O2S2.C12H25I/c1-5-9-13-15-21-29(19-11-7-3)27-39-35-33(31-23-17-25-43-31)38(42)40(28-30(20-12-8-4)22-16-14-10-6-2)36(35)34(37(39)41)32-24-18-26-44-32;17-13-9(7-3-1-5-19-7)11-12(16-13)10(14(18)15-11)8-4-2-6-20-8;1-3-5-7-8-10-12(11-13)9-6-4-2/h17-18,23-26,29-30H,5-16,19-22,27-28H2,1-4H3;1-6,15,18H;12H,3-11H2,1-2H3. The average Bonchev–Trinajstić information content (AvgIpc) is 4.41. The fourth-order valence-electron chi connectivity index (χ4n) is 10.9. The normalized spacial score (nSPS) is 15.2. The third kappa shape index (κ3) is 17.2. The van der Waals surface area contributed by atoms with Gasteiger partial charge in [0.2, 0.25) is 0 Å². The van der Waals surface area contributed by atoms with Gasteiger partial charge in [0.25, 0.3) is 17.7 Å². The molecule has 8 rings (SSSR count). The van der Waals surface area contributed by atoms with Crippen molar-refractivity contribution < 1.29 is 19.5 Å². The molecule has 5 aromatic heterocycles. The quantitative estimate of drug-likeness (QED) is 0.0248. The first kappa shape index (κ1) is 62.6. The molecule has 3 atom stereocenters. The molecule has 0 aromatic carbocycles. The molecule has 8 heterocycles. The third-order valence-corrected chi connectivity index (χ3v) is 20.0. The number of halogens is 1. The second-order valence-electron chi connectivity index (χ2n) is 21.3. The lowest BCUT2D eigenvalue weighted by Gasteiger charge is -2.27. The fraction of sp³-hybridized carbons (Fsp3) is 0.562. The summed E-state index contributed by atoms with van der Waals surface area (Å²) in [5.41, 5.74) is 4.41. The van der Waals surface area contributed by atoms with Crippen LogP contribution in [-0.4, -0.2) is 55.1 Å². The van der Waals surface area contributed by atoms with E-state index >= 15 is 0 Å². The van der Waals surface area contributed by atoms with Gasteiger partial charge in [0.1, 0.15) is 5.36 Å². The maximum absolute atomic E-state index is 14.6. The first-order valence-electron chi connectivity index (χ1n) is 29.6. The number of nitrogens with one attached hydrogen (secondary N) is 1. The third-order valence-electron chi connectivity index (χ3n) is 15.3. The maximum Gasteiger partial charge on any atom is 0.281 e. The molecule has 0 radical (unpaired) electrons. The predicted octanol–water partition coefficient (Wildman–Crippen LogP) is 18.2. The number of rotatable bonds is 33. The van der Waals surface area contributed by atoms with Crippen LogP contribution in [-0.2, 0) is 14.4 Å². The van der Waals surface area contributed by atoms with Crippen molar-refractivity contribution in [3.8, 4) is 16.3 Å². The van der Waals surface area contributed by atoms with Crippen molar-refractivity contribution in [3.05, 3.63) is 107 Å². The Kier molecular flexibility index (Phi) is 27.5. The molecule has 13 heteroatoms. The Balaban J connectivity index is 0.000000236. The monoisotopic (exact) mass is 1230 g/mol. The van der Waals surface area contributed by atoms with Crippen molar-refractivity contribution >= 4 is 102 Å². The summed E-state index contributed by atoms with van der Waals surface area (Å²) in [4.78, 5) is 56.1. The van der Waals surface area contributed by atoms with Gasteiger partial charge in [-0.05, 0) is 102 Å². The molecular formula is C64H89IN4O4S4. The molecule has 0 saturated carbocycles. The van der Waals surface area contributed by atoms with Gasteiger partial charge in [-0.15, -0.1) is 45.3 Å². The van der Waals surface area contributed by atoms with E-state index in [-0.39, 0.29) is 23.6 Å². The molecular weight excluding hydrogens is 1140 g/mol. The summed E-state index contributed by atoms with van der Waals surface area (Å²) in [7, 11) is 0. The van der Waals surface area contributed by atoms with Crippen LogP contribution >= 0.6 is 67.9 Å². The Morgan fingerprint density at radius 1 is 0.494 bits per heavy atom. The number of aromatic hydroxyl groups is 1. The van der Waals surface area contributed by atoms with Gasteiger partial charge in [-0.3, -0.25) is 14.4 Å². The molecule has 0 bridgehead atoms. The van der Waals surface area contributed by atoms with Crippen LogP contribution in [0.4, 0.5) is 0 Å². The van der Waals surface area contributed by atoms with Crippen molar-refractivity contribution in [2.24, 2.45) is 22.7 Å². The number of nitrogens with zero attached hydrogens (tertiary/aromatic N) is 3. The van der Waals surface area contributed by atoms with Crippen LogP contribution in [0.3, 0.4) is 0 Å². The fourth-order valence-corrected chi connectivity index (χ4v) is 14.9. The zero-order valence-electron chi connectivity index (χ0n) is 47.3. The number of aromatic amines is 1. The van der Waals surface area contributed by atoms with Crippen molar-refractivity contribution in [1.82, 2.24) is 14.8 Å². The van der Waals surface area contributed by atoms with E-state index in [2.05, 4.69) is 97.0 Å². The van der Waals surface area contributed by atoms with E-state index in [0.717, 1.165) is 86.5 Å². The van der Waals surface area contributed by atoms with Crippen LogP contribution in [0.5, 0.6) is 5.88 Å². The number of H-pyrrole nitrogens is 1. The summed E-state index contributed by atoms with van der Waals surface area (Å²) in [6.45, 7) is 15.0. The highest BCUT2D eigenvalue weighted by Gasteiger charge is 2.49. The SMILES string of the molecule is CCCCCCC(CCCC)CN1C(=O)C(c2cccs2)=C2C1=C(c1cccs1)C(=O)N2CC(CCCC)CCCCCC.CCCCCCC(CI)CCCC.O=C1N=c2c(-c3cccs3)c(O)[nH]c2=C1c1cccs1. The lowest BCUT2D eigenvalue weighted by Crippen LogP contribution is -2.32. The van der Waals surface area contributed by atoms with Gasteiger partial charge >= 0.3 is 0 Å². The van der Waals surface area contributed by atoms with Crippen LogP contribution in [0.15, 0.2) is 86.4 Å². The van der Waals surface area contributed by atoms with Crippen molar-refractivity contribution in [3.63, 3.8) is 0 Å². The largest absolute Gasteiger partial charge is 0.494 e. The van der Waals surface area contributed by atoms with E-state index in [1.807, 2.05) is 57.0 Å². The lowest BCUT2D eigenvalue weighted by atomic mass is 9.94. The molecule has 420 valence electrons. The number of amides is 3. The molecule has 77 heavy (non-hydrogen) atoms. The molecule has 0 aliphatic carbocycles. The molecule has 5 aromatic rings. The number of alkyl halides is 1. The summed E-state index contributed by atoms with van der Waals surface area (Å²) in [5, 5.41) is 19.2. The van der Waals surface area contributed by atoms with Gasteiger partial charge in [0, 0.05) is 37.0 Å². The lowest BCUT2D eigenvalue weighted by molar-refractivity contribution is -0.123. The number of hydrogen-bond donors (Lipinski definition) is 2. The van der Waals surface area contributed by atoms with Gasteiger partial charge in [-0.25, -0.2) is 4.99 Å². The van der Waals surface area contributed by atoms with Gasteiger partial charge in [-0.1, -0.05) is 204 Å². The summed E-state index contributed by atoms with van der Waals surface area (Å²) in [6, 6.07) is 15.8. The zero-order valence-corrected chi connectivity index (χ0v) is 52.7. The highest BCUT2D eigenvalue weighted by atomic mass is 127. The van der Waals surface area contributed by atoms with Gasteiger partial charge in [-0.2, -0.15) is 0 Å². The molecule has 3 aliphatic rings. The zero-order chi connectivity index (χ0) is 54.9. The second-order valence-corrected chi connectivity index (χ2v) is 26.0. The smallest absolute Gasteiger partial charge is 0.281 e. The first-order chi connectivity index (χ1) is 37.6. The van der Waals surface area contributed by atoms with E-state index in [9.17, 15) is 19.5 Å². The first-order valence-corrected chi connectivity index (χ1v) is 34.6.